The van der Waals surface area contributed by atoms with Gasteiger partial charge in [-0.15, -0.1) is 0 Å². The molecule has 0 radical (unpaired) electrons. The van der Waals surface area contributed by atoms with Gasteiger partial charge >= 0.3 is 0 Å². The zero-order valence-corrected chi connectivity index (χ0v) is 9.75. The summed E-state index contributed by atoms with van der Waals surface area (Å²) < 4.78 is 0. The molecule has 0 atom stereocenters. The van der Waals surface area contributed by atoms with E-state index in [1.54, 1.807) is 0 Å². The second kappa shape index (κ2) is 5.34. The molecule has 7 heteroatoms. The number of hydrogen-bond acceptors (Lipinski definition) is 4. The Balaban J connectivity index is 3.24. The van der Waals surface area contributed by atoms with E-state index in [1.165, 1.54) is 6.07 Å². The summed E-state index contributed by atoms with van der Waals surface area (Å²) in [5, 5.41) is 19.9. The molecule has 1 rings (SSSR count). The number of nitrogens with two attached hydrogens (primary N) is 1. The fourth-order valence-electron chi connectivity index (χ4n) is 1.27. The Morgan fingerprint density at radius 3 is 2.56 bits per heavy atom. The summed E-state index contributed by atoms with van der Waals surface area (Å²) in [6.45, 7) is 0.424. The van der Waals surface area contributed by atoms with E-state index >= 15 is 0 Å². The number of phenolic OH excluding ortho intramolecular Hbond substituents is 1. The molecule has 0 fully saturated rings. The summed E-state index contributed by atoms with van der Waals surface area (Å²) in [5.41, 5.74) is 5.39. The molecule has 0 amide bonds. The monoisotopic (exact) mass is 264 g/mol. The van der Waals surface area contributed by atoms with Crippen LogP contribution < -0.4 is 5.73 Å². The first-order valence-electron chi connectivity index (χ1n) is 4.53. The first-order chi connectivity index (χ1) is 7.49. The molecule has 0 saturated heterocycles. The van der Waals surface area contributed by atoms with Gasteiger partial charge in [0.15, 0.2) is 0 Å². The Hall–Kier alpha value is -1.04. The number of nitro groups is 1. The number of nitrogens with zero attached hydrogens (tertiary/aromatic N) is 1. The molecular weight excluding hydrogens is 255 g/mol. The van der Waals surface area contributed by atoms with Gasteiger partial charge in [-0.1, -0.05) is 23.2 Å². The SMILES string of the molecule is NCCCc1cc([N+](=O)[O-])c(Cl)c(Cl)c1O. The Morgan fingerprint density at radius 2 is 2.06 bits per heavy atom. The highest BCUT2D eigenvalue weighted by Gasteiger charge is 2.21. The maximum Gasteiger partial charge on any atom is 0.289 e. The summed E-state index contributed by atoms with van der Waals surface area (Å²) in [6.07, 6.45) is 1.02. The number of hydrogen-bond donors (Lipinski definition) is 2. The minimum absolute atomic E-state index is 0.192. The lowest BCUT2D eigenvalue weighted by atomic mass is 10.1. The molecule has 0 aromatic heterocycles. The van der Waals surface area contributed by atoms with Crippen LogP contribution in [0, 0.1) is 10.1 Å². The van der Waals surface area contributed by atoms with Crippen molar-refractivity contribution in [1.29, 1.82) is 0 Å². The molecule has 0 aliphatic carbocycles. The number of benzene rings is 1. The highest BCUT2D eigenvalue weighted by Crippen LogP contribution is 2.41. The number of rotatable bonds is 4. The van der Waals surface area contributed by atoms with E-state index in [4.69, 9.17) is 28.9 Å². The number of phenols is 1. The molecule has 0 heterocycles. The molecular formula is C9H10Cl2N2O3. The molecule has 88 valence electrons. The normalized spacial score (nSPS) is 10.4. The summed E-state index contributed by atoms with van der Waals surface area (Å²) in [5.74, 6) is -0.217. The van der Waals surface area contributed by atoms with Gasteiger partial charge in [0.05, 0.1) is 4.92 Å². The van der Waals surface area contributed by atoms with Gasteiger partial charge in [0.25, 0.3) is 5.69 Å². The van der Waals surface area contributed by atoms with Crippen molar-refractivity contribution in [3.63, 3.8) is 0 Å². The summed E-state index contributed by atoms with van der Waals surface area (Å²) >= 11 is 11.3. The van der Waals surface area contributed by atoms with Crippen LogP contribution in [0.4, 0.5) is 5.69 Å². The number of nitro benzene ring substituents is 1. The zero-order valence-electron chi connectivity index (χ0n) is 8.24. The van der Waals surface area contributed by atoms with Crippen molar-refractivity contribution in [2.45, 2.75) is 12.8 Å². The van der Waals surface area contributed by atoms with Gasteiger partial charge in [-0.2, -0.15) is 0 Å². The molecule has 1 aromatic rings. The average Bonchev–Trinajstić information content (AvgIpc) is 2.24. The van der Waals surface area contributed by atoms with Crippen molar-refractivity contribution < 1.29 is 10.0 Å². The fraction of sp³-hybridized carbons (Fsp3) is 0.333. The second-order valence-corrected chi connectivity index (χ2v) is 3.94. The number of halogens is 2. The second-order valence-electron chi connectivity index (χ2n) is 3.18. The molecule has 5 nitrogen and oxygen atoms in total. The molecule has 0 bridgehead atoms. The minimum atomic E-state index is -0.639. The van der Waals surface area contributed by atoms with Gasteiger partial charge < -0.3 is 10.8 Å². The zero-order chi connectivity index (χ0) is 12.3. The Labute approximate surface area is 102 Å². The Morgan fingerprint density at radius 1 is 1.44 bits per heavy atom. The molecule has 0 aliphatic rings. The van der Waals surface area contributed by atoms with Crippen molar-refractivity contribution in [3.05, 3.63) is 31.8 Å². The first kappa shape index (κ1) is 13.0. The molecule has 1 aromatic carbocycles. The number of aromatic hydroxyl groups is 1. The third-order valence-corrected chi connectivity index (χ3v) is 2.93. The van der Waals surface area contributed by atoms with Crippen molar-refractivity contribution in [3.8, 4) is 5.75 Å². The molecule has 0 aliphatic heterocycles. The van der Waals surface area contributed by atoms with Gasteiger partial charge in [0, 0.05) is 11.6 Å². The Kier molecular flexibility index (Phi) is 4.35. The van der Waals surface area contributed by atoms with E-state index in [9.17, 15) is 15.2 Å². The maximum atomic E-state index is 10.7. The predicted molar refractivity (Wildman–Crippen MR) is 62.2 cm³/mol. The van der Waals surface area contributed by atoms with Crippen LogP contribution in [-0.2, 0) is 6.42 Å². The molecule has 16 heavy (non-hydrogen) atoms. The van der Waals surface area contributed by atoms with Crippen LogP contribution in [0.15, 0.2) is 6.07 Å². The average molecular weight is 265 g/mol. The molecule has 0 unspecified atom stereocenters. The van der Waals surface area contributed by atoms with E-state index < -0.39 is 4.92 Å². The third-order valence-electron chi connectivity index (χ3n) is 2.09. The minimum Gasteiger partial charge on any atom is -0.506 e. The third kappa shape index (κ3) is 2.55. The summed E-state index contributed by atoms with van der Waals surface area (Å²) in [4.78, 5) is 10.0. The van der Waals surface area contributed by atoms with Crippen molar-refractivity contribution in [2.24, 2.45) is 5.73 Å². The van der Waals surface area contributed by atoms with Crippen LogP contribution in [0.3, 0.4) is 0 Å². The van der Waals surface area contributed by atoms with Crippen molar-refractivity contribution >= 4 is 28.9 Å². The van der Waals surface area contributed by atoms with Crippen LogP contribution in [-0.4, -0.2) is 16.6 Å². The largest absolute Gasteiger partial charge is 0.506 e. The lowest BCUT2D eigenvalue weighted by Gasteiger charge is -2.07. The number of aryl methyl sites for hydroxylation is 1. The van der Waals surface area contributed by atoms with Crippen molar-refractivity contribution in [2.75, 3.05) is 6.54 Å². The van der Waals surface area contributed by atoms with E-state index in [0.29, 0.717) is 24.9 Å². The lowest BCUT2D eigenvalue weighted by Crippen LogP contribution is -2.01. The van der Waals surface area contributed by atoms with Gasteiger partial charge in [-0.05, 0) is 19.4 Å². The maximum absolute atomic E-state index is 10.7. The fourth-order valence-corrected chi connectivity index (χ4v) is 1.70. The summed E-state index contributed by atoms with van der Waals surface area (Å²) in [6, 6.07) is 1.22. The van der Waals surface area contributed by atoms with Gasteiger partial charge in [0.2, 0.25) is 0 Å². The van der Waals surface area contributed by atoms with Crippen molar-refractivity contribution in [1.82, 2.24) is 0 Å². The lowest BCUT2D eigenvalue weighted by molar-refractivity contribution is -0.384. The van der Waals surface area contributed by atoms with Crippen LogP contribution in [0.2, 0.25) is 10.0 Å². The topological polar surface area (TPSA) is 89.4 Å². The Bertz CT molecular complexity index is 424. The standard InChI is InChI=1S/C9H10Cl2N2O3/c10-7-6(13(15)16)4-5(2-1-3-12)9(14)8(7)11/h4,14H,1-3,12H2. The predicted octanol–water partition coefficient (Wildman–Crippen LogP) is 2.50. The first-order valence-corrected chi connectivity index (χ1v) is 5.29. The van der Waals surface area contributed by atoms with Gasteiger partial charge in [-0.25, -0.2) is 0 Å². The van der Waals surface area contributed by atoms with E-state index in [2.05, 4.69) is 0 Å². The molecule has 0 spiro atoms. The highest BCUT2D eigenvalue weighted by molar-refractivity contribution is 6.44. The van der Waals surface area contributed by atoms with Crippen LogP contribution in [0.25, 0.3) is 0 Å². The van der Waals surface area contributed by atoms with Gasteiger partial charge in [-0.3, -0.25) is 10.1 Å². The van der Waals surface area contributed by atoms with E-state index in [1.807, 2.05) is 0 Å². The smallest absolute Gasteiger partial charge is 0.289 e. The highest BCUT2D eigenvalue weighted by atomic mass is 35.5. The molecule has 0 saturated carbocycles. The molecule has 3 N–H and O–H groups in total. The quantitative estimate of drug-likeness (QED) is 0.646. The van der Waals surface area contributed by atoms with E-state index in [-0.39, 0.29) is 21.5 Å². The van der Waals surface area contributed by atoms with Gasteiger partial charge in [0.1, 0.15) is 15.8 Å². The summed E-state index contributed by atoms with van der Waals surface area (Å²) in [7, 11) is 0. The van der Waals surface area contributed by atoms with Crippen LogP contribution in [0.1, 0.15) is 12.0 Å². The van der Waals surface area contributed by atoms with E-state index in [0.717, 1.165) is 0 Å². The van der Waals surface area contributed by atoms with Crippen LogP contribution >= 0.6 is 23.2 Å². The van der Waals surface area contributed by atoms with Crippen LogP contribution in [0.5, 0.6) is 5.75 Å².